The predicted molar refractivity (Wildman–Crippen MR) is 140 cm³/mol. The number of rotatable bonds is 12. The average molecular weight is 519 g/mol. The van der Waals surface area contributed by atoms with Crippen molar-refractivity contribution in [2.45, 2.75) is 80.1 Å². The lowest BCUT2D eigenvalue weighted by molar-refractivity contribution is 0.214. The molecule has 0 N–H and O–H groups in total. The monoisotopic (exact) mass is 518 g/mol. The van der Waals surface area contributed by atoms with Crippen LogP contribution in [0, 0.1) is 0 Å². The van der Waals surface area contributed by atoms with Gasteiger partial charge in [0.05, 0.1) is 33.5 Å². The molecule has 34 heavy (non-hydrogen) atoms. The Bertz CT molecular complexity index is 853. The summed E-state index contributed by atoms with van der Waals surface area (Å²) >= 11 is 0. The molecule has 0 aliphatic carbocycles. The quantitative estimate of drug-likeness (QED) is 0.258. The largest absolute Gasteiger partial charge is 0.496 e. The van der Waals surface area contributed by atoms with Crippen LogP contribution in [-0.2, 0) is 38.1 Å². The van der Waals surface area contributed by atoms with Crippen molar-refractivity contribution < 1.29 is 32.0 Å². The Morgan fingerprint density at radius 1 is 0.735 bits per heavy atom. The van der Waals surface area contributed by atoms with E-state index in [4.69, 9.17) is 22.8 Å². The second-order valence-corrected chi connectivity index (χ2v) is 14.2. The Morgan fingerprint density at radius 2 is 1.06 bits per heavy atom. The van der Waals surface area contributed by atoms with Gasteiger partial charge in [-0.05, 0) is 62.3 Å². The molecule has 0 radical (unpaired) electrons. The Balaban J connectivity index is 4.13. The summed E-state index contributed by atoms with van der Waals surface area (Å²) in [6.45, 7) is 19.9. The molecule has 0 heterocycles. The highest BCUT2D eigenvalue weighted by Crippen LogP contribution is 2.74. The van der Waals surface area contributed by atoms with Crippen molar-refractivity contribution in [2.24, 2.45) is 0 Å². The van der Waals surface area contributed by atoms with Gasteiger partial charge >= 0.3 is 15.2 Å². The summed E-state index contributed by atoms with van der Waals surface area (Å²) in [5.41, 5.74) is 2.13. The van der Waals surface area contributed by atoms with Crippen molar-refractivity contribution in [1.82, 2.24) is 0 Å². The molecule has 0 saturated heterocycles. The molecule has 0 saturated carbocycles. The van der Waals surface area contributed by atoms with Gasteiger partial charge in [-0.1, -0.05) is 41.5 Å². The molecule has 0 atom stereocenters. The molecule has 9 heteroatoms. The van der Waals surface area contributed by atoms with Crippen molar-refractivity contribution in [3.63, 3.8) is 0 Å². The SMILES string of the molecule is CCOP(=O)(OCC)C(=Cc1cc(C(C)(C)C)c(OC)c(C(C)(C)C)c1)P(=O)(OCC)OCC. The van der Waals surface area contributed by atoms with E-state index in [1.165, 1.54) is 0 Å². The van der Waals surface area contributed by atoms with E-state index in [1.807, 2.05) is 12.1 Å². The molecular formula is C25H44O7P2. The van der Waals surface area contributed by atoms with Gasteiger partial charge in [0, 0.05) is 11.1 Å². The number of hydrogen-bond donors (Lipinski definition) is 0. The zero-order chi connectivity index (χ0) is 26.4. The fraction of sp³-hybridized carbons (Fsp3) is 0.680. The van der Waals surface area contributed by atoms with E-state index in [2.05, 4.69) is 41.5 Å². The molecule has 1 rings (SSSR count). The molecule has 0 unspecified atom stereocenters. The highest BCUT2D eigenvalue weighted by molar-refractivity contribution is 7.79. The third-order valence-electron chi connectivity index (χ3n) is 4.98. The lowest BCUT2D eigenvalue weighted by Crippen LogP contribution is -2.19. The van der Waals surface area contributed by atoms with Gasteiger partial charge in [-0.15, -0.1) is 0 Å². The first-order chi connectivity index (χ1) is 15.6. The van der Waals surface area contributed by atoms with Crippen LogP contribution in [-0.4, -0.2) is 33.5 Å². The summed E-state index contributed by atoms with van der Waals surface area (Å²) in [5, 5.41) is -0.0997. The first-order valence-electron chi connectivity index (χ1n) is 11.9. The third-order valence-corrected chi connectivity index (χ3v) is 10.2. The zero-order valence-electron chi connectivity index (χ0n) is 22.8. The Kier molecular flexibility index (Phi) is 11.3. The van der Waals surface area contributed by atoms with Crippen LogP contribution in [0.4, 0.5) is 0 Å². The van der Waals surface area contributed by atoms with Crippen LogP contribution in [0.1, 0.15) is 85.9 Å². The van der Waals surface area contributed by atoms with Gasteiger partial charge in [0.25, 0.3) is 0 Å². The second-order valence-electron chi connectivity index (χ2n) is 9.82. The van der Waals surface area contributed by atoms with Crippen molar-refractivity contribution in [3.8, 4) is 5.75 Å². The van der Waals surface area contributed by atoms with Crippen molar-refractivity contribution in [3.05, 3.63) is 33.9 Å². The lowest BCUT2D eigenvalue weighted by Gasteiger charge is -2.30. The second kappa shape index (κ2) is 12.3. The maximum atomic E-state index is 13.9. The summed E-state index contributed by atoms with van der Waals surface area (Å²) in [5.74, 6) is 0.800. The van der Waals surface area contributed by atoms with Crippen LogP contribution in [0.2, 0.25) is 0 Å². The first kappa shape index (κ1) is 31.1. The van der Waals surface area contributed by atoms with Gasteiger partial charge < -0.3 is 22.8 Å². The highest BCUT2D eigenvalue weighted by Gasteiger charge is 2.45. The molecule has 0 amide bonds. The Labute approximate surface area is 206 Å². The summed E-state index contributed by atoms with van der Waals surface area (Å²) in [6.07, 6.45) is 1.59. The predicted octanol–water partition coefficient (Wildman–Crippen LogP) is 8.12. The van der Waals surface area contributed by atoms with Crippen molar-refractivity contribution in [2.75, 3.05) is 33.5 Å². The van der Waals surface area contributed by atoms with Gasteiger partial charge in [-0.3, -0.25) is 9.13 Å². The van der Waals surface area contributed by atoms with E-state index < -0.39 is 15.2 Å². The van der Waals surface area contributed by atoms with Crippen LogP contribution in [0.5, 0.6) is 5.75 Å². The van der Waals surface area contributed by atoms with Crippen LogP contribution in [0.3, 0.4) is 0 Å². The summed E-state index contributed by atoms with van der Waals surface area (Å²) in [4.78, 5) is 0. The van der Waals surface area contributed by atoms with Crippen molar-refractivity contribution >= 4 is 21.3 Å². The molecule has 0 aromatic heterocycles. The van der Waals surface area contributed by atoms with Gasteiger partial charge in [0.15, 0.2) is 5.06 Å². The van der Waals surface area contributed by atoms with E-state index in [0.717, 1.165) is 16.9 Å². The van der Waals surface area contributed by atoms with Gasteiger partial charge in [0.2, 0.25) is 0 Å². The van der Waals surface area contributed by atoms with Gasteiger partial charge in [-0.25, -0.2) is 0 Å². The molecule has 196 valence electrons. The Hall–Kier alpha value is -0.940. The number of ether oxygens (including phenoxy) is 1. The highest BCUT2D eigenvalue weighted by atomic mass is 31.2. The molecule has 7 nitrogen and oxygen atoms in total. The minimum absolute atomic E-state index is 0.0997. The number of methoxy groups -OCH3 is 1. The van der Waals surface area contributed by atoms with Crippen LogP contribution >= 0.6 is 15.2 Å². The average Bonchev–Trinajstić information content (AvgIpc) is 2.70. The minimum atomic E-state index is -3.99. The molecule has 0 fully saturated rings. The molecule has 1 aromatic carbocycles. The zero-order valence-corrected chi connectivity index (χ0v) is 24.6. The van der Waals surface area contributed by atoms with Gasteiger partial charge in [0.1, 0.15) is 5.75 Å². The standard InChI is InChI=1S/C25H44O7P2/c1-12-29-33(26,30-13-2)22(34(27,31-14-3)32-15-4)18-19-16-20(24(5,6)7)23(28-11)21(17-19)25(8,9)10/h16-18H,12-15H2,1-11H3. The van der Waals surface area contributed by atoms with Gasteiger partial charge in [-0.2, -0.15) is 0 Å². The molecule has 0 bridgehead atoms. The summed E-state index contributed by atoms with van der Waals surface area (Å²) in [7, 11) is -6.31. The van der Waals surface area contributed by atoms with E-state index in [-0.39, 0.29) is 42.3 Å². The smallest absolute Gasteiger partial charge is 0.369 e. The van der Waals surface area contributed by atoms with Crippen molar-refractivity contribution in [1.29, 1.82) is 0 Å². The molecule has 0 aliphatic rings. The van der Waals surface area contributed by atoms with E-state index in [9.17, 15) is 9.13 Å². The van der Waals surface area contributed by atoms with E-state index in [1.54, 1.807) is 40.9 Å². The fourth-order valence-electron chi connectivity index (χ4n) is 3.54. The minimum Gasteiger partial charge on any atom is -0.496 e. The molecule has 0 aliphatic heterocycles. The Morgan fingerprint density at radius 3 is 1.29 bits per heavy atom. The number of benzene rings is 1. The van der Waals surface area contributed by atoms with Crippen LogP contribution in [0.25, 0.3) is 6.08 Å². The topological polar surface area (TPSA) is 80.3 Å². The normalized spacial score (nSPS) is 13.1. The van der Waals surface area contributed by atoms with E-state index in [0.29, 0.717) is 5.56 Å². The maximum absolute atomic E-state index is 13.9. The van der Waals surface area contributed by atoms with Crippen LogP contribution in [0.15, 0.2) is 17.2 Å². The number of hydrogen-bond acceptors (Lipinski definition) is 7. The first-order valence-corrected chi connectivity index (χ1v) is 15.0. The summed E-state index contributed by atoms with van der Waals surface area (Å²) < 4.78 is 56.1. The molecule has 1 aromatic rings. The van der Waals surface area contributed by atoms with Crippen LogP contribution < -0.4 is 4.74 Å². The summed E-state index contributed by atoms with van der Waals surface area (Å²) in [6, 6.07) is 3.91. The lowest BCUT2D eigenvalue weighted by atomic mass is 9.78. The maximum Gasteiger partial charge on any atom is 0.369 e. The molecule has 0 spiro atoms. The fourth-order valence-corrected chi connectivity index (χ4v) is 8.09. The van der Waals surface area contributed by atoms with E-state index >= 15 is 0 Å². The third kappa shape index (κ3) is 7.53. The molecular weight excluding hydrogens is 474 g/mol.